The Bertz CT molecular complexity index is 1200. The Morgan fingerprint density at radius 3 is 2.66 bits per heavy atom. The van der Waals surface area contributed by atoms with Gasteiger partial charge in [0.05, 0.1) is 11.1 Å². The van der Waals surface area contributed by atoms with E-state index >= 15 is 0 Å². The van der Waals surface area contributed by atoms with Gasteiger partial charge in [0.1, 0.15) is 0 Å². The molecule has 0 aliphatic heterocycles. The van der Waals surface area contributed by atoms with Crippen LogP contribution in [-0.4, -0.2) is 20.4 Å². The third-order valence-corrected chi connectivity index (χ3v) is 6.16. The number of pyridine rings is 1. The van der Waals surface area contributed by atoms with Crippen molar-refractivity contribution < 1.29 is 4.79 Å². The molecule has 0 bridgehead atoms. The van der Waals surface area contributed by atoms with Gasteiger partial charge in [-0.05, 0) is 49.2 Å². The van der Waals surface area contributed by atoms with Gasteiger partial charge in [-0.1, -0.05) is 30.0 Å². The van der Waals surface area contributed by atoms with Crippen LogP contribution in [0.15, 0.2) is 77.0 Å². The molecule has 0 saturated heterocycles. The zero-order valence-electron chi connectivity index (χ0n) is 16.0. The Hall–Kier alpha value is -3.12. The Morgan fingerprint density at radius 1 is 1.14 bits per heavy atom. The van der Waals surface area contributed by atoms with E-state index in [-0.39, 0.29) is 5.91 Å². The molecule has 5 rings (SSSR count). The van der Waals surface area contributed by atoms with Gasteiger partial charge in [-0.15, -0.1) is 0 Å². The number of benzene rings is 2. The number of fused-ring (bicyclic) bond motifs is 1. The van der Waals surface area contributed by atoms with Crippen molar-refractivity contribution in [3.63, 3.8) is 0 Å². The number of aryl methyl sites for hydroxylation is 1. The fourth-order valence-electron chi connectivity index (χ4n) is 3.33. The van der Waals surface area contributed by atoms with Crippen LogP contribution in [0, 0.1) is 0 Å². The van der Waals surface area contributed by atoms with Gasteiger partial charge in [-0.3, -0.25) is 9.78 Å². The first kappa shape index (κ1) is 17.9. The van der Waals surface area contributed by atoms with Crippen molar-refractivity contribution in [3.05, 3.63) is 78.2 Å². The van der Waals surface area contributed by atoms with Crippen molar-refractivity contribution >= 4 is 34.3 Å². The molecule has 0 radical (unpaired) electrons. The first-order valence-corrected chi connectivity index (χ1v) is 10.5. The lowest BCUT2D eigenvalue weighted by Crippen LogP contribution is -2.13. The molecule has 0 unspecified atom stereocenters. The van der Waals surface area contributed by atoms with Crippen LogP contribution in [-0.2, 0) is 7.05 Å². The third kappa shape index (κ3) is 3.76. The summed E-state index contributed by atoms with van der Waals surface area (Å²) < 4.78 is 1.98. The summed E-state index contributed by atoms with van der Waals surface area (Å²) in [4.78, 5) is 23.2. The van der Waals surface area contributed by atoms with Crippen molar-refractivity contribution in [2.75, 3.05) is 5.32 Å². The summed E-state index contributed by atoms with van der Waals surface area (Å²) >= 11 is 1.59. The number of nitrogens with zero attached hydrogens (tertiary/aromatic N) is 3. The number of hydrogen-bond acceptors (Lipinski definition) is 4. The summed E-state index contributed by atoms with van der Waals surface area (Å²) in [6, 6.07) is 17.6. The Balaban J connectivity index is 1.38. The number of amides is 1. The van der Waals surface area contributed by atoms with Gasteiger partial charge in [0.15, 0.2) is 5.16 Å². The van der Waals surface area contributed by atoms with Crippen molar-refractivity contribution in [2.24, 2.45) is 7.05 Å². The van der Waals surface area contributed by atoms with E-state index in [1.165, 1.54) is 0 Å². The fourth-order valence-corrected chi connectivity index (χ4v) is 4.13. The van der Waals surface area contributed by atoms with Crippen LogP contribution >= 0.6 is 11.8 Å². The lowest BCUT2D eigenvalue weighted by atomic mass is 10.1. The van der Waals surface area contributed by atoms with E-state index in [4.69, 9.17) is 4.98 Å². The molecule has 4 aromatic rings. The summed E-state index contributed by atoms with van der Waals surface area (Å²) in [7, 11) is 1.97. The highest BCUT2D eigenvalue weighted by molar-refractivity contribution is 7.99. The second kappa shape index (κ2) is 7.37. The van der Waals surface area contributed by atoms with E-state index in [1.54, 1.807) is 18.0 Å². The summed E-state index contributed by atoms with van der Waals surface area (Å²) in [6.07, 6.45) is 6.01. The summed E-state index contributed by atoms with van der Waals surface area (Å²) in [6.45, 7) is 0. The maximum atomic E-state index is 13.1. The number of aromatic nitrogens is 3. The molecule has 1 aliphatic rings. The van der Waals surface area contributed by atoms with E-state index in [1.807, 2.05) is 72.4 Å². The Kier molecular flexibility index (Phi) is 4.56. The molecule has 6 heteroatoms. The first-order chi connectivity index (χ1) is 14.2. The maximum Gasteiger partial charge on any atom is 0.256 e. The highest BCUT2D eigenvalue weighted by Gasteiger charge is 2.27. The molecule has 2 heterocycles. The number of anilines is 1. The molecule has 5 nitrogen and oxygen atoms in total. The normalized spacial score (nSPS) is 13.6. The van der Waals surface area contributed by atoms with Crippen molar-refractivity contribution in [2.45, 2.75) is 28.8 Å². The molecular formula is C23H20N4OS. The minimum absolute atomic E-state index is 0.102. The molecule has 0 spiro atoms. The molecule has 1 fully saturated rings. The van der Waals surface area contributed by atoms with Crippen LogP contribution in [0.25, 0.3) is 10.9 Å². The Labute approximate surface area is 173 Å². The van der Waals surface area contributed by atoms with E-state index < -0.39 is 0 Å². The third-order valence-electron chi connectivity index (χ3n) is 5.07. The van der Waals surface area contributed by atoms with Crippen LogP contribution in [0.3, 0.4) is 0 Å². The van der Waals surface area contributed by atoms with Gasteiger partial charge in [0, 0.05) is 47.0 Å². The zero-order chi connectivity index (χ0) is 19.8. The highest BCUT2D eigenvalue weighted by Crippen LogP contribution is 2.40. The van der Waals surface area contributed by atoms with Gasteiger partial charge in [-0.2, -0.15) is 0 Å². The standard InChI is InChI=1S/C23H20N4OS/c1-27-13-12-24-23(27)29-17-10-8-16(9-11-17)25-22(28)19-14-21(15-6-7-15)26-20-5-3-2-4-18(19)20/h2-5,8-15H,6-7H2,1H3,(H,25,28). The molecule has 2 aromatic carbocycles. The van der Waals surface area contributed by atoms with Gasteiger partial charge in [0.2, 0.25) is 0 Å². The van der Waals surface area contributed by atoms with Gasteiger partial charge < -0.3 is 9.88 Å². The fraction of sp³-hybridized carbons (Fsp3) is 0.174. The van der Waals surface area contributed by atoms with Crippen LogP contribution < -0.4 is 5.32 Å². The number of hydrogen-bond donors (Lipinski definition) is 1. The highest BCUT2D eigenvalue weighted by atomic mass is 32.2. The SMILES string of the molecule is Cn1ccnc1Sc1ccc(NC(=O)c2cc(C3CC3)nc3ccccc23)cc1. The molecule has 2 aromatic heterocycles. The van der Waals surface area contributed by atoms with Gasteiger partial charge in [0.25, 0.3) is 5.91 Å². The smallest absolute Gasteiger partial charge is 0.256 e. The molecule has 1 saturated carbocycles. The number of carbonyl (C=O) groups excluding carboxylic acids is 1. The number of rotatable bonds is 5. The van der Waals surface area contributed by atoms with Crippen molar-refractivity contribution in [3.8, 4) is 0 Å². The molecule has 144 valence electrons. The van der Waals surface area contributed by atoms with E-state index in [0.29, 0.717) is 11.5 Å². The van der Waals surface area contributed by atoms with Crippen LogP contribution in [0.4, 0.5) is 5.69 Å². The van der Waals surface area contributed by atoms with E-state index in [9.17, 15) is 4.79 Å². The predicted molar refractivity (Wildman–Crippen MR) is 115 cm³/mol. The van der Waals surface area contributed by atoms with Crippen molar-refractivity contribution in [1.29, 1.82) is 0 Å². The van der Waals surface area contributed by atoms with Crippen LogP contribution in [0.1, 0.15) is 34.8 Å². The lowest BCUT2D eigenvalue weighted by Gasteiger charge is -2.11. The summed E-state index contributed by atoms with van der Waals surface area (Å²) in [5.74, 6) is 0.392. The number of imidazole rings is 1. The van der Waals surface area contributed by atoms with Crippen molar-refractivity contribution in [1.82, 2.24) is 14.5 Å². The number of nitrogens with one attached hydrogen (secondary N) is 1. The second-order valence-corrected chi connectivity index (χ2v) is 8.33. The summed E-state index contributed by atoms with van der Waals surface area (Å²) in [5.41, 5.74) is 3.36. The predicted octanol–water partition coefficient (Wildman–Crippen LogP) is 5.25. The number of carbonyl (C=O) groups is 1. The maximum absolute atomic E-state index is 13.1. The molecule has 1 amide bonds. The molecule has 29 heavy (non-hydrogen) atoms. The molecule has 0 atom stereocenters. The van der Waals surface area contributed by atoms with Gasteiger partial charge in [-0.25, -0.2) is 4.98 Å². The van der Waals surface area contributed by atoms with E-state index in [2.05, 4.69) is 10.3 Å². The molecule has 1 N–H and O–H groups in total. The quantitative estimate of drug-likeness (QED) is 0.497. The van der Waals surface area contributed by atoms with Gasteiger partial charge >= 0.3 is 0 Å². The molecule has 1 aliphatic carbocycles. The Morgan fingerprint density at radius 2 is 1.93 bits per heavy atom. The van der Waals surface area contributed by atoms with Crippen LogP contribution in [0.5, 0.6) is 0 Å². The number of para-hydroxylation sites is 1. The summed E-state index contributed by atoms with van der Waals surface area (Å²) in [5, 5.41) is 4.85. The minimum atomic E-state index is -0.102. The first-order valence-electron chi connectivity index (χ1n) is 9.63. The zero-order valence-corrected chi connectivity index (χ0v) is 16.8. The monoisotopic (exact) mass is 400 g/mol. The second-order valence-electron chi connectivity index (χ2n) is 7.29. The topological polar surface area (TPSA) is 59.8 Å². The van der Waals surface area contributed by atoms with E-state index in [0.717, 1.165) is 45.2 Å². The average molecular weight is 401 g/mol. The average Bonchev–Trinajstić information content (AvgIpc) is 3.52. The largest absolute Gasteiger partial charge is 0.329 e. The van der Waals surface area contributed by atoms with Crippen LogP contribution in [0.2, 0.25) is 0 Å². The lowest BCUT2D eigenvalue weighted by molar-refractivity contribution is 0.102. The molecular weight excluding hydrogens is 380 g/mol. The minimum Gasteiger partial charge on any atom is -0.329 e.